The van der Waals surface area contributed by atoms with Crippen molar-refractivity contribution in [2.75, 3.05) is 25.0 Å². The van der Waals surface area contributed by atoms with Crippen LogP contribution in [-0.4, -0.2) is 72.6 Å². The highest BCUT2D eigenvalue weighted by atomic mass is 35.5. The minimum atomic E-state index is -3.08. The predicted octanol–water partition coefficient (Wildman–Crippen LogP) is 3.16. The molecule has 2 saturated heterocycles. The summed E-state index contributed by atoms with van der Waals surface area (Å²) in [6.45, 7) is -0.708. The monoisotopic (exact) mass is 572 g/mol. The Hall–Kier alpha value is -3.81. The van der Waals surface area contributed by atoms with E-state index in [1.807, 2.05) is 4.90 Å². The lowest BCUT2D eigenvalue weighted by Gasteiger charge is -2.32. The van der Waals surface area contributed by atoms with E-state index in [0.29, 0.717) is 23.7 Å². The summed E-state index contributed by atoms with van der Waals surface area (Å²) in [6.07, 6.45) is 6.85. The fourth-order valence-corrected chi connectivity index (χ4v) is 5.75. The molecule has 1 unspecified atom stereocenters. The molecular weight excluding hydrogens is 546 g/mol. The molecule has 3 N–H and O–H groups in total. The number of alkyl halides is 2. The van der Waals surface area contributed by atoms with Crippen LogP contribution in [0.4, 0.5) is 14.5 Å². The molecule has 14 heteroatoms. The number of halogens is 3. The van der Waals surface area contributed by atoms with E-state index in [9.17, 15) is 18.7 Å². The molecule has 0 bridgehead atoms. The van der Waals surface area contributed by atoms with Crippen LogP contribution >= 0.6 is 11.6 Å². The van der Waals surface area contributed by atoms with Crippen LogP contribution in [0.3, 0.4) is 0 Å². The second-order valence-corrected chi connectivity index (χ2v) is 10.3. The summed E-state index contributed by atoms with van der Waals surface area (Å²) in [7, 11) is 0. The van der Waals surface area contributed by atoms with Crippen molar-refractivity contribution < 1.29 is 23.4 Å². The lowest BCUT2D eigenvalue weighted by Crippen LogP contribution is -2.46. The highest BCUT2D eigenvalue weighted by Crippen LogP contribution is 2.38. The first-order valence-electron chi connectivity index (χ1n) is 12.9. The van der Waals surface area contributed by atoms with E-state index in [4.69, 9.17) is 16.3 Å². The van der Waals surface area contributed by atoms with Crippen molar-refractivity contribution in [1.29, 1.82) is 0 Å². The van der Waals surface area contributed by atoms with Gasteiger partial charge in [-0.25, -0.2) is 9.50 Å². The van der Waals surface area contributed by atoms with Crippen molar-refractivity contribution in [3.63, 3.8) is 0 Å². The first kappa shape index (κ1) is 26.4. The molecule has 0 saturated carbocycles. The highest BCUT2D eigenvalue weighted by molar-refractivity contribution is 6.31. The average molecular weight is 573 g/mol. The topological polar surface area (TPSA) is 122 Å². The van der Waals surface area contributed by atoms with Gasteiger partial charge < -0.3 is 25.4 Å². The van der Waals surface area contributed by atoms with Gasteiger partial charge >= 0.3 is 6.61 Å². The number of nitrogens with one attached hydrogen (secondary N) is 2. The Morgan fingerprint density at radius 2 is 2.20 bits per heavy atom. The number of aliphatic hydroxyl groups is 1. The van der Waals surface area contributed by atoms with Crippen molar-refractivity contribution >= 4 is 28.8 Å². The van der Waals surface area contributed by atoms with Gasteiger partial charge in [0.15, 0.2) is 11.9 Å². The van der Waals surface area contributed by atoms with Crippen LogP contribution in [0.2, 0.25) is 5.02 Å². The van der Waals surface area contributed by atoms with E-state index in [2.05, 4.69) is 25.8 Å². The predicted molar refractivity (Wildman–Crippen MR) is 142 cm³/mol. The molecule has 210 valence electrons. The zero-order valence-corrected chi connectivity index (χ0v) is 22.0. The summed E-state index contributed by atoms with van der Waals surface area (Å²) >= 11 is 6.22. The lowest BCUT2D eigenvalue weighted by molar-refractivity contribution is -0.133. The molecule has 4 aromatic rings. The molecule has 1 aromatic carbocycles. The van der Waals surface area contributed by atoms with Gasteiger partial charge in [0.25, 0.3) is 0 Å². The second-order valence-electron chi connectivity index (χ2n) is 9.84. The number of carbonyl (C=O) groups is 1. The van der Waals surface area contributed by atoms with Gasteiger partial charge in [-0.2, -0.15) is 19.0 Å². The van der Waals surface area contributed by atoms with Gasteiger partial charge in [0.2, 0.25) is 5.91 Å². The molecule has 2 aliphatic heterocycles. The third kappa shape index (κ3) is 5.19. The van der Waals surface area contributed by atoms with E-state index in [1.54, 1.807) is 24.7 Å². The Labute approximate surface area is 232 Å². The number of nitrogens with zero attached hydrogens (tertiary/aromatic N) is 6. The number of rotatable bonds is 8. The second kappa shape index (κ2) is 11.0. The van der Waals surface area contributed by atoms with Gasteiger partial charge in [0.05, 0.1) is 17.4 Å². The standard InChI is InChI=1S/C26H27ClF2N8O3/c27-16-2-3-21(40-26(28)29)17(10-16)23-19(33-25(39)18-12-32-37-8-1-6-31-24(18)37)13-35(34-23)14-22(38)36-9-5-15-11-30-7-4-20(15)36/h1-3,6,8,10,12-13,15,20,25-26,30,33,39H,4-5,7,9,11,14H2/t15-,20+,25?/m1/s1. The van der Waals surface area contributed by atoms with E-state index < -0.39 is 12.8 Å². The van der Waals surface area contributed by atoms with E-state index in [1.165, 1.54) is 33.6 Å². The molecule has 0 radical (unpaired) electrons. The van der Waals surface area contributed by atoms with Crippen LogP contribution in [0.25, 0.3) is 16.9 Å². The number of hydrogen-bond acceptors (Lipinski definition) is 8. The Bertz CT molecular complexity index is 1530. The van der Waals surface area contributed by atoms with Crippen LogP contribution in [0.1, 0.15) is 24.6 Å². The van der Waals surface area contributed by atoms with E-state index >= 15 is 0 Å². The average Bonchev–Trinajstić information content (AvgIpc) is 3.66. The van der Waals surface area contributed by atoms with Gasteiger partial charge in [0, 0.05) is 41.8 Å². The number of fused-ring (bicyclic) bond motifs is 2. The maximum absolute atomic E-state index is 13.4. The molecule has 2 aliphatic rings. The van der Waals surface area contributed by atoms with Crippen molar-refractivity contribution in [2.24, 2.45) is 5.92 Å². The zero-order valence-electron chi connectivity index (χ0n) is 21.3. The summed E-state index contributed by atoms with van der Waals surface area (Å²) in [5.41, 5.74) is 1.45. The first-order chi connectivity index (χ1) is 19.4. The van der Waals surface area contributed by atoms with Crippen molar-refractivity contribution in [1.82, 2.24) is 34.6 Å². The van der Waals surface area contributed by atoms with E-state index in [-0.39, 0.29) is 46.2 Å². The third-order valence-electron chi connectivity index (χ3n) is 7.39. The number of hydrogen-bond donors (Lipinski definition) is 3. The number of ether oxygens (including phenoxy) is 1. The Morgan fingerprint density at radius 3 is 3.05 bits per heavy atom. The SMILES string of the molecule is O=C(Cn1cc(NC(O)c2cnn3cccnc23)c(-c2cc(Cl)ccc2OC(F)F)n1)N1CC[C@@H]2CNCC[C@@H]21. The molecule has 40 heavy (non-hydrogen) atoms. The molecular formula is C26H27ClF2N8O3. The highest BCUT2D eigenvalue weighted by Gasteiger charge is 2.38. The number of likely N-dealkylation sites (tertiary alicyclic amines) is 1. The smallest absolute Gasteiger partial charge is 0.387 e. The maximum Gasteiger partial charge on any atom is 0.387 e. The molecule has 3 atom stereocenters. The van der Waals surface area contributed by atoms with Crippen molar-refractivity contribution in [3.8, 4) is 17.0 Å². The number of amides is 1. The summed E-state index contributed by atoms with van der Waals surface area (Å²) in [5, 5.41) is 26.5. The molecule has 2 fully saturated rings. The zero-order chi connectivity index (χ0) is 27.8. The van der Waals surface area contributed by atoms with Crippen LogP contribution < -0.4 is 15.4 Å². The molecule has 11 nitrogen and oxygen atoms in total. The quantitative estimate of drug-likeness (QED) is 0.275. The summed E-state index contributed by atoms with van der Waals surface area (Å²) in [6, 6.07) is 6.09. The number of aromatic nitrogens is 5. The minimum absolute atomic E-state index is 0.0642. The summed E-state index contributed by atoms with van der Waals surface area (Å²) in [5.74, 6) is 0.194. The summed E-state index contributed by atoms with van der Waals surface area (Å²) in [4.78, 5) is 19.5. The van der Waals surface area contributed by atoms with Crippen LogP contribution in [0.15, 0.2) is 49.1 Å². The first-order valence-corrected chi connectivity index (χ1v) is 13.3. The normalized spacial score (nSPS) is 19.7. The molecule has 3 aromatic heterocycles. The van der Waals surface area contributed by atoms with Crippen LogP contribution in [0.5, 0.6) is 5.75 Å². The number of anilines is 1. The number of benzene rings is 1. The molecule has 1 amide bonds. The fourth-order valence-electron chi connectivity index (χ4n) is 5.58. The fraction of sp³-hybridized carbons (Fsp3) is 0.385. The number of carbonyl (C=O) groups excluding carboxylic acids is 1. The number of aliphatic hydroxyl groups excluding tert-OH is 1. The molecule has 0 spiro atoms. The van der Waals surface area contributed by atoms with Crippen LogP contribution in [-0.2, 0) is 11.3 Å². The molecule has 5 heterocycles. The van der Waals surface area contributed by atoms with Gasteiger partial charge in [0.1, 0.15) is 18.0 Å². The molecule has 0 aliphatic carbocycles. The van der Waals surface area contributed by atoms with Crippen molar-refractivity contribution in [2.45, 2.75) is 38.3 Å². The van der Waals surface area contributed by atoms with Gasteiger partial charge in [-0.05, 0) is 56.1 Å². The Kier molecular flexibility index (Phi) is 7.26. The van der Waals surface area contributed by atoms with Crippen molar-refractivity contribution in [3.05, 3.63) is 59.6 Å². The van der Waals surface area contributed by atoms with Crippen LogP contribution in [0, 0.1) is 5.92 Å². The maximum atomic E-state index is 13.4. The Morgan fingerprint density at radius 1 is 1.32 bits per heavy atom. The van der Waals surface area contributed by atoms with E-state index in [0.717, 1.165) is 25.9 Å². The third-order valence-corrected chi connectivity index (χ3v) is 7.63. The largest absolute Gasteiger partial charge is 0.434 e. The number of piperidine rings is 1. The molecule has 6 rings (SSSR count). The van der Waals surface area contributed by atoms with Gasteiger partial charge in [-0.1, -0.05) is 11.6 Å². The Balaban J connectivity index is 1.34. The van der Waals surface area contributed by atoms with Gasteiger partial charge in [-0.3, -0.25) is 9.48 Å². The summed E-state index contributed by atoms with van der Waals surface area (Å²) < 4.78 is 34.2. The minimum Gasteiger partial charge on any atom is -0.434 e. The lowest BCUT2D eigenvalue weighted by atomic mass is 9.94. The van der Waals surface area contributed by atoms with Gasteiger partial charge in [-0.15, -0.1) is 0 Å².